The summed E-state index contributed by atoms with van der Waals surface area (Å²) < 4.78 is 48.2. The van der Waals surface area contributed by atoms with E-state index in [-0.39, 0.29) is 29.6 Å². The Balaban J connectivity index is 1.37. The van der Waals surface area contributed by atoms with Crippen molar-refractivity contribution in [2.45, 2.75) is 30.8 Å². The van der Waals surface area contributed by atoms with E-state index in [4.69, 9.17) is 26.3 Å². The summed E-state index contributed by atoms with van der Waals surface area (Å²) in [7, 11) is -3.79. The summed E-state index contributed by atoms with van der Waals surface area (Å²) in [5.41, 5.74) is 3.82. The summed E-state index contributed by atoms with van der Waals surface area (Å²) in [4.78, 5) is 11.8. The molecule has 3 heterocycles. The fourth-order valence-electron chi connectivity index (χ4n) is 4.84. The molecule has 6 rings (SSSR count). The van der Waals surface area contributed by atoms with Gasteiger partial charge in [0.1, 0.15) is 11.6 Å². The van der Waals surface area contributed by atoms with E-state index in [0.29, 0.717) is 29.5 Å². The lowest BCUT2D eigenvalue weighted by atomic mass is 10.0. The van der Waals surface area contributed by atoms with Gasteiger partial charge < -0.3 is 9.64 Å². The van der Waals surface area contributed by atoms with E-state index in [1.807, 2.05) is 12.1 Å². The Morgan fingerprint density at radius 2 is 1.66 bits per heavy atom. The van der Waals surface area contributed by atoms with E-state index >= 15 is 0 Å². The highest BCUT2D eigenvalue weighted by atomic mass is 35.5. The van der Waals surface area contributed by atoms with E-state index in [1.165, 1.54) is 39.7 Å². The number of fused-ring (bicyclic) bond motifs is 2. The van der Waals surface area contributed by atoms with Crippen LogP contribution in [0.25, 0.3) is 0 Å². The predicted molar refractivity (Wildman–Crippen MR) is 142 cm³/mol. The van der Waals surface area contributed by atoms with Crippen molar-refractivity contribution in [3.63, 3.8) is 0 Å². The topological polar surface area (TPSA) is 75.6 Å². The highest BCUT2D eigenvalue weighted by Crippen LogP contribution is 2.34. The molecule has 0 amide bonds. The molecule has 4 aromatic rings. The molecule has 0 unspecified atom stereocenters. The van der Waals surface area contributed by atoms with Gasteiger partial charge in [-0.15, -0.1) is 0 Å². The Hall–Kier alpha value is -3.53. The van der Waals surface area contributed by atoms with Gasteiger partial charge in [-0.3, -0.25) is 0 Å². The van der Waals surface area contributed by atoms with Crippen LogP contribution in [0, 0.1) is 5.82 Å². The minimum atomic E-state index is -3.79. The molecule has 1 aromatic heterocycles. The van der Waals surface area contributed by atoms with Gasteiger partial charge >= 0.3 is 0 Å². The van der Waals surface area contributed by atoms with E-state index in [0.717, 1.165) is 18.7 Å². The molecule has 0 saturated heterocycles. The van der Waals surface area contributed by atoms with Crippen molar-refractivity contribution in [2.24, 2.45) is 0 Å². The van der Waals surface area contributed by atoms with Crippen LogP contribution in [0.4, 0.5) is 10.3 Å². The zero-order chi connectivity index (χ0) is 26.3. The molecular weight excluding hydrogens is 527 g/mol. The van der Waals surface area contributed by atoms with Gasteiger partial charge in [-0.05, 0) is 53.9 Å². The van der Waals surface area contributed by atoms with Crippen LogP contribution in [0.15, 0.2) is 77.7 Å². The Kier molecular flexibility index (Phi) is 6.51. The second-order valence-corrected chi connectivity index (χ2v) is 11.7. The van der Waals surface area contributed by atoms with Gasteiger partial charge in [0.25, 0.3) is 0 Å². The van der Waals surface area contributed by atoms with Crippen LogP contribution in [0.1, 0.15) is 22.4 Å². The molecule has 0 spiro atoms. The number of hydrogen-bond donors (Lipinski definition) is 0. The minimum Gasteiger partial charge on any atom is -0.438 e. The molecule has 2 aliphatic heterocycles. The average Bonchev–Trinajstić information content (AvgIpc) is 2.92. The number of rotatable bonds is 5. The number of aromatic nitrogens is 2. The zero-order valence-electron chi connectivity index (χ0n) is 20.3. The molecule has 0 atom stereocenters. The minimum absolute atomic E-state index is 0.0358. The number of ether oxygens (including phenoxy) is 1. The maximum atomic E-state index is 13.9. The Morgan fingerprint density at radius 3 is 2.45 bits per heavy atom. The average molecular weight is 551 g/mol. The summed E-state index contributed by atoms with van der Waals surface area (Å²) in [5.74, 6) is 0.577. The van der Waals surface area contributed by atoms with E-state index in [2.05, 4.69) is 17.0 Å². The third-order valence-electron chi connectivity index (χ3n) is 6.85. The maximum absolute atomic E-state index is 13.9. The van der Waals surface area contributed by atoms with Crippen LogP contribution in [-0.2, 0) is 36.0 Å². The van der Waals surface area contributed by atoms with Gasteiger partial charge in [0.2, 0.25) is 21.9 Å². The lowest BCUT2D eigenvalue weighted by molar-refractivity contribution is 0.368. The first kappa shape index (κ1) is 24.8. The first-order valence-corrected chi connectivity index (χ1v) is 14.1. The monoisotopic (exact) mass is 550 g/mol. The lowest BCUT2D eigenvalue weighted by Crippen LogP contribution is -2.37. The Labute approximate surface area is 225 Å². The van der Waals surface area contributed by atoms with Gasteiger partial charge in [0, 0.05) is 43.7 Å². The van der Waals surface area contributed by atoms with Crippen LogP contribution in [-0.4, -0.2) is 35.8 Å². The van der Waals surface area contributed by atoms with Crippen LogP contribution in [0.5, 0.6) is 11.6 Å². The van der Waals surface area contributed by atoms with Gasteiger partial charge in [0.15, 0.2) is 0 Å². The van der Waals surface area contributed by atoms with Crippen molar-refractivity contribution in [1.82, 2.24) is 14.3 Å². The van der Waals surface area contributed by atoms with Crippen LogP contribution < -0.4 is 9.64 Å². The first-order chi connectivity index (χ1) is 18.4. The lowest BCUT2D eigenvalue weighted by Gasteiger charge is -2.32. The SMILES string of the molecule is O=S(=O)(c1ccc(Cl)cc1)N1CCc2nc(N3CCc4ccccc4C3)nc(Oc3cccc(F)c3)c2C1. The standard InChI is InChI=1S/C28H24ClFN4O3S/c29-21-8-10-24(11-9-21)38(35,36)34-15-13-26-25(18-34)27(37-23-7-3-6-22(30)16-23)32-28(31-26)33-14-12-19-4-1-2-5-20(19)17-33/h1-11,16H,12-15,17-18H2. The molecule has 0 bridgehead atoms. The molecule has 0 aliphatic carbocycles. The summed E-state index contributed by atoms with van der Waals surface area (Å²) in [6.07, 6.45) is 1.26. The number of anilines is 1. The Morgan fingerprint density at radius 1 is 0.868 bits per heavy atom. The van der Waals surface area contributed by atoms with E-state index in [1.54, 1.807) is 24.3 Å². The highest BCUT2D eigenvalue weighted by Gasteiger charge is 2.33. The molecule has 38 heavy (non-hydrogen) atoms. The molecule has 0 saturated carbocycles. The fourth-order valence-corrected chi connectivity index (χ4v) is 6.38. The molecule has 0 radical (unpaired) electrons. The number of nitrogens with zero attached hydrogens (tertiary/aromatic N) is 4. The molecule has 194 valence electrons. The van der Waals surface area contributed by atoms with Crippen LogP contribution in [0.2, 0.25) is 5.02 Å². The summed E-state index contributed by atoms with van der Waals surface area (Å²) in [5, 5.41) is 0.458. The number of benzene rings is 3. The highest BCUT2D eigenvalue weighted by molar-refractivity contribution is 7.89. The third-order valence-corrected chi connectivity index (χ3v) is 8.96. The fraction of sp³-hybridized carbons (Fsp3) is 0.214. The zero-order valence-corrected chi connectivity index (χ0v) is 21.9. The molecule has 10 heteroatoms. The largest absolute Gasteiger partial charge is 0.438 e. The molecule has 2 aliphatic rings. The van der Waals surface area contributed by atoms with E-state index < -0.39 is 15.8 Å². The Bertz CT molecular complexity index is 1620. The van der Waals surface area contributed by atoms with E-state index in [9.17, 15) is 12.8 Å². The van der Waals surface area contributed by atoms with Crippen molar-refractivity contribution in [2.75, 3.05) is 18.0 Å². The first-order valence-electron chi connectivity index (χ1n) is 12.3. The van der Waals surface area contributed by atoms with Gasteiger partial charge in [-0.25, -0.2) is 17.8 Å². The quantitative estimate of drug-likeness (QED) is 0.332. The van der Waals surface area contributed by atoms with Crippen LogP contribution >= 0.6 is 11.6 Å². The predicted octanol–water partition coefficient (Wildman–Crippen LogP) is 5.37. The van der Waals surface area contributed by atoms with Crippen molar-refractivity contribution in [3.8, 4) is 11.6 Å². The molecule has 3 aromatic carbocycles. The van der Waals surface area contributed by atoms with Gasteiger partial charge in [-0.2, -0.15) is 9.29 Å². The van der Waals surface area contributed by atoms with Gasteiger partial charge in [0.05, 0.1) is 16.2 Å². The van der Waals surface area contributed by atoms with Crippen LogP contribution in [0.3, 0.4) is 0 Å². The van der Waals surface area contributed by atoms with Crippen molar-refractivity contribution >= 4 is 27.6 Å². The van der Waals surface area contributed by atoms with Crippen molar-refractivity contribution in [3.05, 3.63) is 106 Å². The third kappa shape index (κ3) is 4.84. The second kappa shape index (κ2) is 9.98. The normalized spacial score (nSPS) is 15.6. The summed E-state index contributed by atoms with van der Waals surface area (Å²) in [6.45, 7) is 1.70. The number of halogens is 2. The maximum Gasteiger partial charge on any atom is 0.243 e. The molecule has 0 N–H and O–H groups in total. The number of hydrogen-bond acceptors (Lipinski definition) is 6. The van der Waals surface area contributed by atoms with Gasteiger partial charge in [-0.1, -0.05) is 41.9 Å². The number of sulfonamides is 1. The smallest absolute Gasteiger partial charge is 0.243 e. The van der Waals surface area contributed by atoms with Crippen molar-refractivity contribution in [1.29, 1.82) is 0 Å². The second-order valence-electron chi connectivity index (χ2n) is 9.30. The molecular formula is C28H24ClFN4O3S. The summed E-state index contributed by atoms with van der Waals surface area (Å²) >= 11 is 5.96. The van der Waals surface area contributed by atoms with Crippen molar-refractivity contribution < 1.29 is 17.5 Å². The summed E-state index contributed by atoms with van der Waals surface area (Å²) in [6, 6.07) is 20.2. The molecule has 0 fully saturated rings. The molecule has 7 nitrogen and oxygen atoms in total.